The highest BCUT2D eigenvalue weighted by molar-refractivity contribution is 5.75. The molecular weight excluding hydrogens is 1010 g/mol. The van der Waals surface area contributed by atoms with E-state index in [4.69, 9.17) is 0 Å². The first kappa shape index (κ1) is 95.6. The maximum absolute atomic E-state index is 10.5. The van der Waals surface area contributed by atoms with E-state index in [2.05, 4.69) is 261 Å². The molecule has 2 saturated heterocycles. The highest BCUT2D eigenvalue weighted by Crippen LogP contribution is 2.30. The number of nitrogens with one attached hydrogen (secondary N) is 1. The van der Waals surface area contributed by atoms with E-state index >= 15 is 0 Å². The molecule has 7 nitrogen and oxygen atoms in total. The van der Waals surface area contributed by atoms with Crippen molar-refractivity contribution in [2.24, 2.45) is 54.7 Å². The molecule has 2 fully saturated rings. The molecule has 0 saturated carbocycles. The molecule has 83 heavy (non-hydrogen) atoms. The van der Waals surface area contributed by atoms with Crippen LogP contribution in [0.2, 0.25) is 0 Å². The maximum atomic E-state index is 10.5. The molecule has 2 aliphatic rings. The van der Waals surface area contributed by atoms with Crippen LogP contribution in [0.5, 0.6) is 0 Å². The Labute approximate surface area is 529 Å². The molecule has 2 aliphatic heterocycles. The second-order valence-corrected chi connectivity index (χ2v) is 37.7. The van der Waals surface area contributed by atoms with Crippen molar-refractivity contribution in [3.8, 4) is 0 Å². The third kappa shape index (κ3) is 113. The Morgan fingerprint density at radius 1 is 0.422 bits per heavy atom. The molecule has 0 bridgehead atoms. The normalized spacial score (nSPS) is 14.8. The van der Waals surface area contributed by atoms with Gasteiger partial charge in [0.05, 0.1) is 0 Å². The molecular formula is C76H167N5O2. The van der Waals surface area contributed by atoms with E-state index in [0.717, 1.165) is 25.3 Å². The third-order valence-electron chi connectivity index (χ3n) is 12.6. The highest BCUT2D eigenvalue weighted by Gasteiger charge is 2.21. The number of likely N-dealkylation sites (tertiary alicyclic amines) is 2. The van der Waals surface area contributed by atoms with Crippen molar-refractivity contribution in [2.45, 2.75) is 352 Å². The zero-order chi connectivity index (χ0) is 67.7. The second-order valence-electron chi connectivity index (χ2n) is 37.7. The largest absolute Gasteiger partial charge is 0.352 e. The fourth-order valence-corrected chi connectivity index (χ4v) is 8.72. The smallest absolute Gasteiger partial charge is 0.217 e. The van der Waals surface area contributed by atoms with Crippen LogP contribution in [-0.2, 0) is 9.59 Å². The van der Waals surface area contributed by atoms with Gasteiger partial charge in [-0.2, -0.15) is 0 Å². The zero-order valence-electron chi connectivity index (χ0n) is 65.7. The molecule has 2 heterocycles. The second kappa shape index (κ2) is 47.0. The van der Waals surface area contributed by atoms with Crippen LogP contribution >= 0.6 is 0 Å². The first-order valence-electron chi connectivity index (χ1n) is 34.2. The number of carbonyl (C=O) groups is 2. The van der Waals surface area contributed by atoms with Gasteiger partial charge < -0.3 is 29.7 Å². The number of carbonyl (C=O) groups excluding carboxylic acids is 2. The van der Waals surface area contributed by atoms with E-state index in [0.29, 0.717) is 54.5 Å². The van der Waals surface area contributed by atoms with Crippen molar-refractivity contribution in [3.05, 3.63) is 0 Å². The van der Waals surface area contributed by atoms with Crippen molar-refractivity contribution in [2.75, 3.05) is 79.5 Å². The molecule has 0 aliphatic carbocycles. The van der Waals surface area contributed by atoms with Crippen LogP contribution in [0.1, 0.15) is 346 Å². The minimum absolute atomic E-state index is 0.0255. The number of rotatable bonds is 13. The predicted molar refractivity (Wildman–Crippen MR) is 384 cm³/mol. The van der Waals surface area contributed by atoms with Crippen LogP contribution in [0, 0.1) is 54.7 Å². The van der Waals surface area contributed by atoms with Crippen LogP contribution < -0.4 is 5.32 Å². The molecule has 0 atom stereocenters. The zero-order valence-corrected chi connectivity index (χ0v) is 65.7. The quantitative estimate of drug-likeness (QED) is 0.198. The number of ketones is 1. The number of nitrogens with zero attached hydrogens (tertiary/aromatic N) is 4. The number of hydrogen-bond donors (Lipinski definition) is 1. The van der Waals surface area contributed by atoms with E-state index in [9.17, 15) is 9.59 Å². The van der Waals surface area contributed by atoms with Gasteiger partial charge in [0.1, 0.15) is 5.78 Å². The van der Waals surface area contributed by atoms with Gasteiger partial charge in [0.15, 0.2) is 0 Å². The van der Waals surface area contributed by atoms with Crippen LogP contribution in [0.4, 0.5) is 0 Å². The summed E-state index contributed by atoms with van der Waals surface area (Å²) in [5.41, 5.74) is 4.20. The Morgan fingerprint density at radius 3 is 0.867 bits per heavy atom. The molecule has 0 aromatic carbocycles. The lowest BCUT2D eigenvalue weighted by atomic mass is 9.81. The monoisotopic (exact) mass is 1180 g/mol. The summed E-state index contributed by atoms with van der Waals surface area (Å²) >= 11 is 0. The molecule has 0 unspecified atom stereocenters. The molecule has 0 radical (unpaired) electrons. The Bertz CT molecular complexity index is 1410. The predicted octanol–water partition coefficient (Wildman–Crippen LogP) is 22.5. The molecule has 7 heteroatoms. The molecule has 0 aromatic rings. The van der Waals surface area contributed by atoms with Crippen LogP contribution in [0.3, 0.4) is 0 Å². The van der Waals surface area contributed by atoms with Gasteiger partial charge in [0.2, 0.25) is 5.91 Å². The third-order valence-corrected chi connectivity index (χ3v) is 12.6. The lowest BCUT2D eigenvalue weighted by Crippen LogP contribution is -2.38. The van der Waals surface area contributed by atoms with Crippen LogP contribution in [0.25, 0.3) is 0 Å². The molecule has 1 amide bonds. The Hall–Kier alpha value is -1.02. The Balaban J connectivity index is -0.000000157. The fourth-order valence-electron chi connectivity index (χ4n) is 8.72. The lowest BCUT2D eigenvalue weighted by molar-refractivity contribution is -0.120. The number of piperidine rings is 1. The van der Waals surface area contributed by atoms with Gasteiger partial charge >= 0.3 is 0 Å². The SMILES string of the molecule is CC(=O)CCC(C)(C)C.CC(=O)NC(C)(C)C.CC(C)(C)CCC(C)(C)C.CC(C)(C)CN1CCCC1.CC(C)(C)CN1CCCCC1.CC(C)CCC(C)(C)C.CCCCC(C)(C)C.CCN(CC)CC(C)(C)C.CN(C)CC(C)(C)C. The summed E-state index contributed by atoms with van der Waals surface area (Å²) in [6.45, 7) is 94.4. The summed E-state index contributed by atoms with van der Waals surface area (Å²) in [5, 5.41) is 2.74. The topological polar surface area (TPSA) is 59.1 Å². The van der Waals surface area contributed by atoms with Gasteiger partial charge in [-0.15, -0.1) is 0 Å². The number of unbranched alkanes of at least 4 members (excludes halogenated alkanes) is 1. The van der Waals surface area contributed by atoms with Crippen molar-refractivity contribution in [1.82, 2.24) is 24.9 Å². The summed E-state index contributed by atoms with van der Waals surface area (Å²) in [7, 11) is 4.20. The van der Waals surface area contributed by atoms with Crippen LogP contribution in [-0.4, -0.2) is 116 Å². The standard InChI is InChI=1S/C10H21N.C10H22.C9H19N.C9H21N.C9H20.C8H16O.C8H18.C7H17N.C6H13NO/c1-10(2,3)9-11-7-5-4-6-8-11;1-9(2,3)7-8-10(4,5)6;1-9(2,3)8-10-6-4-5-7-10;1-6-10(7-2)8-9(3,4)5;1-8(2)6-7-9(3,4)5;1-7(9)5-6-8(2,3)4;1-5-6-7-8(2,3)4;1-7(2,3)6-8(4)5;1-5(8)7-6(2,3)4/h4-9H2,1-3H3;7-8H2,1-6H3;4-8H2,1-3H3;6-8H2,1-5H3;8H,6-7H2,1-5H3;5-6H2,1-4H3;5-7H2,1-4H3;6H2,1-5H3;1-4H3,(H,7,8). The van der Waals surface area contributed by atoms with Gasteiger partial charge in [-0.3, -0.25) is 4.79 Å². The van der Waals surface area contributed by atoms with Gasteiger partial charge in [-0.1, -0.05) is 247 Å². The van der Waals surface area contributed by atoms with Crippen LogP contribution in [0.15, 0.2) is 0 Å². The van der Waals surface area contributed by atoms with Crippen molar-refractivity contribution in [1.29, 1.82) is 0 Å². The minimum atomic E-state index is -0.0775. The summed E-state index contributed by atoms with van der Waals surface area (Å²) in [6, 6.07) is 0. The van der Waals surface area contributed by atoms with E-state index < -0.39 is 0 Å². The van der Waals surface area contributed by atoms with Crippen molar-refractivity contribution < 1.29 is 9.59 Å². The van der Waals surface area contributed by atoms with Gasteiger partial charge in [-0.25, -0.2) is 0 Å². The number of hydrogen-bond acceptors (Lipinski definition) is 6. The number of Topliss-reactive ketones (excluding diaryl/α,β-unsaturated/α-hetero) is 1. The summed E-state index contributed by atoms with van der Waals surface area (Å²) < 4.78 is 0. The van der Waals surface area contributed by atoms with Crippen molar-refractivity contribution in [3.63, 3.8) is 0 Å². The molecule has 0 spiro atoms. The summed E-state index contributed by atoms with van der Waals surface area (Å²) in [5.74, 6) is 1.19. The number of amides is 1. The lowest BCUT2D eigenvalue weighted by Gasteiger charge is -2.32. The molecule has 0 aromatic heterocycles. The van der Waals surface area contributed by atoms with Gasteiger partial charge in [0, 0.05) is 45.1 Å². The van der Waals surface area contributed by atoms with E-state index in [-0.39, 0.29) is 11.4 Å². The Kier molecular flexibility index (Phi) is 54.2. The minimum Gasteiger partial charge on any atom is -0.352 e. The first-order valence-corrected chi connectivity index (χ1v) is 34.2. The first-order chi connectivity index (χ1) is 36.6. The van der Waals surface area contributed by atoms with E-state index in [1.807, 2.05) is 20.8 Å². The van der Waals surface area contributed by atoms with E-state index in [1.165, 1.54) is 143 Å². The van der Waals surface area contributed by atoms with Gasteiger partial charge in [-0.05, 0) is 193 Å². The Morgan fingerprint density at radius 2 is 0.735 bits per heavy atom. The van der Waals surface area contributed by atoms with Crippen molar-refractivity contribution >= 4 is 11.7 Å². The average molecular weight is 1180 g/mol. The van der Waals surface area contributed by atoms with E-state index in [1.54, 1.807) is 6.92 Å². The fraction of sp³-hybridized carbons (Fsp3) is 0.974. The summed E-state index contributed by atoms with van der Waals surface area (Å²) in [4.78, 5) is 30.7. The molecule has 508 valence electrons. The van der Waals surface area contributed by atoms with Gasteiger partial charge in [0.25, 0.3) is 0 Å². The molecule has 1 N–H and O–H groups in total. The highest BCUT2D eigenvalue weighted by atomic mass is 16.1. The molecule has 2 rings (SSSR count). The summed E-state index contributed by atoms with van der Waals surface area (Å²) in [6.07, 6.45) is 18.3. The maximum Gasteiger partial charge on any atom is 0.217 e. The average Bonchev–Trinajstić information content (AvgIpc) is 3.73.